The minimum Gasteiger partial charge on any atom is -0.326 e. The number of nitrogens with one attached hydrogen (secondary N) is 2. The molecule has 4 rings (SSSR count). The molecule has 2 aromatic rings. The molecule has 2 aromatic carbocycles. The number of carbonyl (C=O) groups is 1. The van der Waals surface area contributed by atoms with Gasteiger partial charge in [-0.3, -0.25) is 9.69 Å². The molecule has 1 fully saturated rings. The second-order valence-corrected chi connectivity index (χ2v) is 7.15. The third-order valence-electron chi connectivity index (χ3n) is 5.28. The van der Waals surface area contributed by atoms with E-state index in [1.54, 1.807) is 0 Å². The van der Waals surface area contributed by atoms with E-state index in [4.69, 9.17) is 0 Å². The van der Waals surface area contributed by atoms with Crippen molar-refractivity contribution in [1.82, 2.24) is 10.2 Å². The highest BCUT2D eigenvalue weighted by atomic mass is 16.1. The third-order valence-corrected chi connectivity index (χ3v) is 5.28. The molecule has 25 heavy (non-hydrogen) atoms. The first kappa shape index (κ1) is 16.3. The van der Waals surface area contributed by atoms with Gasteiger partial charge in [-0.1, -0.05) is 48.5 Å². The smallest absolute Gasteiger partial charge is 0.225 e. The first-order valence-corrected chi connectivity index (χ1v) is 9.16. The fraction of sp³-hybridized carbons (Fsp3) is 0.381. The molecule has 2 aliphatic heterocycles. The van der Waals surface area contributed by atoms with Gasteiger partial charge in [-0.05, 0) is 23.6 Å². The number of hydrogen-bond acceptors (Lipinski definition) is 3. The molecule has 2 heterocycles. The Morgan fingerprint density at radius 1 is 1.08 bits per heavy atom. The van der Waals surface area contributed by atoms with Gasteiger partial charge >= 0.3 is 0 Å². The van der Waals surface area contributed by atoms with Crippen molar-refractivity contribution < 1.29 is 4.79 Å². The summed E-state index contributed by atoms with van der Waals surface area (Å²) in [5.74, 6) is 0.399. The molecule has 4 nitrogen and oxygen atoms in total. The van der Waals surface area contributed by atoms with Crippen molar-refractivity contribution in [2.45, 2.75) is 31.3 Å². The molecule has 0 radical (unpaired) electrons. The maximum absolute atomic E-state index is 11.9. The van der Waals surface area contributed by atoms with E-state index in [2.05, 4.69) is 58.0 Å². The minimum atomic E-state index is 0.127. The molecule has 0 aromatic heterocycles. The van der Waals surface area contributed by atoms with Gasteiger partial charge in [0, 0.05) is 50.2 Å². The van der Waals surface area contributed by atoms with Crippen LogP contribution >= 0.6 is 0 Å². The lowest BCUT2D eigenvalue weighted by Crippen LogP contribution is -2.37. The Hall–Kier alpha value is -2.17. The largest absolute Gasteiger partial charge is 0.326 e. The van der Waals surface area contributed by atoms with Crippen LogP contribution in [0, 0.1) is 0 Å². The predicted octanol–water partition coefficient (Wildman–Crippen LogP) is 2.98. The summed E-state index contributed by atoms with van der Waals surface area (Å²) < 4.78 is 0. The van der Waals surface area contributed by atoms with Gasteiger partial charge in [0.05, 0.1) is 0 Å². The minimum absolute atomic E-state index is 0.127. The van der Waals surface area contributed by atoms with Crippen LogP contribution in [0.3, 0.4) is 0 Å². The van der Waals surface area contributed by atoms with E-state index in [1.807, 2.05) is 12.1 Å². The van der Waals surface area contributed by atoms with Crippen LogP contribution in [0.25, 0.3) is 0 Å². The maximum Gasteiger partial charge on any atom is 0.225 e. The van der Waals surface area contributed by atoms with E-state index in [0.717, 1.165) is 31.9 Å². The molecule has 0 saturated carbocycles. The van der Waals surface area contributed by atoms with Crippen molar-refractivity contribution >= 4 is 11.6 Å². The zero-order chi connectivity index (χ0) is 17.1. The number of para-hydroxylation sites is 1. The fourth-order valence-corrected chi connectivity index (χ4v) is 3.98. The number of hydrogen-bond donors (Lipinski definition) is 2. The zero-order valence-electron chi connectivity index (χ0n) is 14.4. The van der Waals surface area contributed by atoms with Gasteiger partial charge in [0.2, 0.25) is 5.91 Å². The SMILES string of the molecule is O=C1C[C@@H](CN[C@@H]2CCN(Cc3ccccc3)C2)c2ccccc2N1. The number of likely N-dealkylation sites (tertiary alicyclic amines) is 1. The number of rotatable bonds is 5. The summed E-state index contributed by atoms with van der Waals surface area (Å²) in [6.45, 7) is 4.10. The summed E-state index contributed by atoms with van der Waals surface area (Å²) >= 11 is 0. The highest BCUT2D eigenvalue weighted by Gasteiger charge is 2.27. The second-order valence-electron chi connectivity index (χ2n) is 7.15. The third kappa shape index (κ3) is 3.91. The van der Waals surface area contributed by atoms with Gasteiger partial charge in [0.1, 0.15) is 0 Å². The van der Waals surface area contributed by atoms with Crippen molar-refractivity contribution in [2.75, 3.05) is 25.0 Å². The number of benzene rings is 2. The molecule has 130 valence electrons. The lowest BCUT2D eigenvalue weighted by molar-refractivity contribution is -0.116. The van der Waals surface area contributed by atoms with Gasteiger partial charge < -0.3 is 10.6 Å². The summed E-state index contributed by atoms with van der Waals surface area (Å²) in [5, 5.41) is 6.68. The Kier molecular flexibility index (Phi) is 4.81. The van der Waals surface area contributed by atoms with E-state index >= 15 is 0 Å². The fourth-order valence-electron chi connectivity index (χ4n) is 3.98. The van der Waals surface area contributed by atoms with Gasteiger partial charge in [0.15, 0.2) is 0 Å². The van der Waals surface area contributed by atoms with E-state index < -0.39 is 0 Å². The molecular formula is C21H25N3O. The number of fused-ring (bicyclic) bond motifs is 1. The van der Waals surface area contributed by atoms with Crippen molar-refractivity contribution in [3.8, 4) is 0 Å². The van der Waals surface area contributed by atoms with Crippen molar-refractivity contribution in [3.05, 3.63) is 65.7 Å². The Balaban J connectivity index is 1.31. The topological polar surface area (TPSA) is 44.4 Å². The van der Waals surface area contributed by atoms with Crippen LogP contribution < -0.4 is 10.6 Å². The summed E-state index contributed by atoms with van der Waals surface area (Å²) in [6.07, 6.45) is 1.75. The normalized spacial score (nSPS) is 23.3. The Bertz CT molecular complexity index is 731. The zero-order valence-corrected chi connectivity index (χ0v) is 14.4. The number of anilines is 1. The second kappa shape index (κ2) is 7.38. The van der Waals surface area contributed by atoms with E-state index in [0.29, 0.717) is 12.5 Å². The van der Waals surface area contributed by atoms with Crippen LogP contribution in [0.4, 0.5) is 5.69 Å². The first-order chi connectivity index (χ1) is 12.3. The van der Waals surface area contributed by atoms with Crippen LogP contribution in [0.5, 0.6) is 0 Å². The van der Waals surface area contributed by atoms with Crippen molar-refractivity contribution in [1.29, 1.82) is 0 Å². The Morgan fingerprint density at radius 3 is 2.76 bits per heavy atom. The van der Waals surface area contributed by atoms with E-state index in [9.17, 15) is 4.79 Å². The highest BCUT2D eigenvalue weighted by Crippen LogP contribution is 2.31. The first-order valence-electron chi connectivity index (χ1n) is 9.16. The summed E-state index contributed by atoms with van der Waals surface area (Å²) in [5.41, 5.74) is 3.61. The quantitative estimate of drug-likeness (QED) is 0.883. The summed E-state index contributed by atoms with van der Waals surface area (Å²) in [7, 11) is 0. The summed E-state index contributed by atoms with van der Waals surface area (Å²) in [4.78, 5) is 14.4. The average molecular weight is 335 g/mol. The summed E-state index contributed by atoms with van der Waals surface area (Å²) in [6, 6.07) is 19.3. The van der Waals surface area contributed by atoms with E-state index in [1.165, 1.54) is 17.5 Å². The van der Waals surface area contributed by atoms with Crippen molar-refractivity contribution in [2.24, 2.45) is 0 Å². The monoisotopic (exact) mass is 335 g/mol. The van der Waals surface area contributed by atoms with Crippen LogP contribution in [0.1, 0.15) is 29.9 Å². The van der Waals surface area contributed by atoms with Crippen molar-refractivity contribution in [3.63, 3.8) is 0 Å². The molecule has 1 saturated heterocycles. The molecule has 1 amide bonds. The van der Waals surface area contributed by atoms with Crippen LogP contribution in [-0.2, 0) is 11.3 Å². The molecule has 0 bridgehead atoms. The van der Waals surface area contributed by atoms with E-state index in [-0.39, 0.29) is 11.8 Å². The van der Waals surface area contributed by atoms with Gasteiger partial charge in [-0.15, -0.1) is 0 Å². The Labute approximate surface area is 149 Å². The van der Waals surface area contributed by atoms with Crippen LogP contribution in [0.15, 0.2) is 54.6 Å². The number of nitrogens with zero attached hydrogens (tertiary/aromatic N) is 1. The molecule has 2 atom stereocenters. The number of carbonyl (C=O) groups excluding carboxylic acids is 1. The molecule has 2 N–H and O–H groups in total. The standard InChI is InChI=1S/C21H25N3O/c25-21-12-17(19-8-4-5-9-20(19)23-21)13-22-18-10-11-24(15-18)14-16-6-2-1-3-7-16/h1-9,17-18,22H,10-15H2,(H,23,25)/t17-,18+/m0/s1. The van der Waals surface area contributed by atoms with Crippen LogP contribution in [-0.4, -0.2) is 36.5 Å². The molecule has 0 aliphatic carbocycles. The Morgan fingerprint density at radius 2 is 1.88 bits per heavy atom. The number of amides is 1. The molecule has 0 spiro atoms. The lowest BCUT2D eigenvalue weighted by Gasteiger charge is -2.27. The predicted molar refractivity (Wildman–Crippen MR) is 101 cm³/mol. The van der Waals surface area contributed by atoms with Gasteiger partial charge in [-0.2, -0.15) is 0 Å². The highest BCUT2D eigenvalue weighted by molar-refractivity contribution is 5.94. The average Bonchev–Trinajstić information content (AvgIpc) is 3.08. The maximum atomic E-state index is 11.9. The lowest BCUT2D eigenvalue weighted by atomic mass is 9.90. The molecule has 4 heteroatoms. The molecular weight excluding hydrogens is 310 g/mol. The van der Waals surface area contributed by atoms with Crippen LogP contribution in [0.2, 0.25) is 0 Å². The van der Waals surface area contributed by atoms with Gasteiger partial charge in [0.25, 0.3) is 0 Å². The molecule has 0 unspecified atom stereocenters. The van der Waals surface area contributed by atoms with Gasteiger partial charge in [-0.25, -0.2) is 0 Å². The molecule has 2 aliphatic rings.